The Labute approximate surface area is 196 Å². The minimum Gasteiger partial charge on any atom is -0.384 e. The lowest BCUT2D eigenvalue weighted by Crippen LogP contribution is -2.28. The Morgan fingerprint density at radius 3 is 2.41 bits per heavy atom. The van der Waals surface area contributed by atoms with Crippen molar-refractivity contribution < 1.29 is 0 Å². The number of pyridine rings is 1. The van der Waals surface area contributed by atoms with E-state index in [1.165, 1.54) is 16.8 Å². The first-order valence-corrected chi connectivity index (χ1v) is 10.3. The number of nitrogens with zero attached hydrogens (tertiary/aromatic N) is 5. The summed E-state index contributed by atoms with van der Waals surface area (Å²) in [6.07, 6.45) is 1.45. The van der Waals surface area contributed by atoms with Gasteiger partial charge in [-0.25, -0.2) is 9.97 Å². The van der Waals surface area contributed by atoms with E-state index in [1.54, 1.807) is 25.1 Å². The lowest BCUT2D eigenvalue weighted by molar-refractivity contribution is 0.730. The summed E-state index contributed by atoms with van der Waals surface area (Å²) in [6.45, 7) is 1.75. The van der Waals surface area contributed by atoms with E-state index in [0.29, 0.717) is 11.5 Å². The van der Waals surface area contributed by atoms with E-state index in [1.807, 2.05) is 0 Å². The number of halogens is 3. The monoisotopic (exact) mass is 491 g/mol. The van der Waals surface area contributed by atoms with E-state index >= 15 is 0 Å². The van der Waals surface area contributed by atoms with Gasteiger partial charge in [0.05, 0.1) is 38.9 Å². The maximum atomic E-state index is 13.5. The first-order valence-electron chi connectivity index (χ1n) is 9.15. The van der Waals surface area contributed by atoms with Crippen LogP contribution in [0.25, 0.3) is 16.6 Å². The maximum absolute atomic E-state index is 13.5. The summed E-state index contributed by atoms with van der Waals surface area (Å²) in [5, 5.41) is 3.80. The van der Waals surface area contributed by atoms with Crippen molar-refractivity contribution in [1.82, 2.24) is 24.5 Å². The molecule has 7 N–H and O–H groups in total. The van der Waals surface area contributed by atoms with Crippen molar-refractivity contribution in [3.8, 4) is 5.69 Å². The number of nitrogen functional groups attached to an aromatic ring is 3. The van der Waals surface area contributed by atoms with Crippen molar-refractivity contribution >= 4 is 69.1 Å². The molecule has 0 radical (unpaired) electrons. The van der Waals surface area contributed by atoms with Gasteiger partial charge in [-0.2, -0.15) is 9.97 Å². The van der Waals surface area contributed by atoms with E-state index in [-0.39, 0.29) is 49.4 Å². The van der Waals surface area contributed by atoms with E-state index in [2.05, 4.69) is 25.3 Å². The van der Waals surface area contributed by atoms with Crippen molar-refractivity contribution in [2.24, 2.45) is 0 Å². The second-order valence-corrected chi connectivity index (χ2v) is 7.99. The largest absolute Gasteiger partial charge is 0.384 e. The highest BCUT2D eigenvalue weighted by Gasteiger charge is 2.22. The maximum Gasteiger partial charge on any atom is 0.267 e. The summed E-state index contributed by atoms with van der Waals surface area (Å²) in [7, 11) is 0. The third kappa shape index (κ3) is 3.83. The molecule has 1 atom stereocenters. The average Bonchev–Trinajstić information content (AvgIpc) is 2.74. The van der Waals surface area contributed by atoms with E-state index in [9.17, 15) is 4.79 Å². The van der Waals surface area contributed by atoms with Crippen molar-refractivity contribution in [2.75, 3.05) is 22.5 Å². The van der Waals surface area contributed by atoms with Crippen molar-refractivity contribution in [2.45, 2.75) is 13.0 Å². The summed E-state index contributed by atoms with van der Waals surface area (Å²) in [4.78, 5) is 30.2. The van der Waals surface area contributed by atoms with Gasteiger partial charge in [0.25, 0.3) is 5.56 Å². The van der Waals surface area contributed by atoms with Crippen molar-refractivity contribution in [3.63, 3.8) is 0 Å². The second kappa shape index (κ2) is 8.30. The van der Waals surface area contributed by atoms with Gasteiger partial charge in [-0.15, -0.1) is 0 Å². The van der Waals surface area contributed by atoms with Gasteiger partial charge in [0.15, 0.2) is 5.82 Å². The summed E-state index contributed by atoms with van der Waals surface area (Å²) in [5.74, 6) is 0.698. The normalized spacial score (nSPS) is 12.1. The van der Waals surface area contributed by atoms with Crippen LogP contribution in [0.4, 0.5) is 23.4 Å². The molecule has 164 valence electrons. The number of nitrogens with one attached hydrogen (secondary N) is 1. The van der Waals surface area contributed by atoms with Crippen molar-refractivity contribution in [3.05, 3.63) is 61.7 Å². The van der Waals surface area contributed by atoms with E-state index < -0.39 is 11.6 Å². The third-order valence-electron chi connectivity index (χ3n) is 4.61. The highest BCUT2D eigenvalue weighted by Crippen LogP contribution is 2.31. The quantitative estimate of drug-likeness (QED) is 0.334. The van der Waals surface area contributed by atoms with Crippen LogP contribution in [0.2, 0.25) is 15.1 Å². The fraction of sp³-hybridized carbons (Fsp3) is 0.105. The molecule has 0 aliphatic heterocycles. The molecule has 4 aromatic rings. The molecule has 1 aromatic carbocycles. The summed E-state index contributed by atoms with van der Waals surface area (Å²) in [5.41, 5.74) is 17.4. The Kier molecular flexibility index (Phi) is 5.68. The van der Waals surface area contributed by atoms with Gasteiger partial charge in [0, 0.05) is 0 Å². The Morgan fingerprint density at radius 2 is 1.72 bits per heavy atom. The molecule has 0 saturated carbocycles. The van der Waals surface area contributed by atoms with Gasteiger partial charge >= 0.3 is 0 Å². The molecule has 3 aromatic heterocycles. The van der Waals surface area contributed by atoms with Crippen LogP contribution in [0, 0.1) is 0 Å². The zero-order valence-corrected chi connectivity index (χ0v) is 18.7. The number of hydrogen-bond donors (Lipinski definition) is 4. The molecular formula is C19H16Cl3N9O. The molecule has 0 fully saturated rings. The predicted molar refractivity (Wildman–Crippen MR) is 127 cm³/mol. The average molecular weight is 493 g/mol. The summed E-state index contributed by atoms with van der Waals surface area (Å²) in [6, 6.07) is 5.69. The van der Waals surface area contributed by atoms with Crippen LogP contribution in [0.3, 0.4) is 0 Å². The number of nitrogens with two attached hydrogens (primary N) is 3. The SMILES string of the molecule is C[C@H](Nc1nc(N)nc(N)c1Cl)c1nc2c(Cl)ccc(Cl)c2c(=O)n1-c1ccc(N)nc1. The molecule has 0 amide bonds. The smallest absolute Gasteiger partial charge is 0.267 e. The Morgan fingerprint density at radius 1 is 1.00 bits per heavy atom. The van der Waals surface area contributed by atoms with Gasteiger partial charge in [0.2, 0.25) is 5.95 Å². The van der Waals surface area contributed by atoms with Crippen LogP contribution in [-0.2, 0) is 0 Å². The Bertz CT molecular complexity index is 1410. The van der Waals surface area contributed by atoms with Crippen LogP contribution in [-0.4, -0.2) is 24.5 Å². The molecule has 4 rings (SSSR count). The number of hydrogen-bond acceptors (Lipinski definition) is 9. The molecule has 0 unspecified atom stereocenters. The van der Waals surface area contributed by atoms with Crippen LogP contribution in [0.15, 0.2) is 35.3 Å². The number of aromatic nitrogens is 5. The number of benzene rings is 1. The fourth-order valence-electron chi connectivity index (χ4n) is 3.15. The topological polar surface area (TPSA) is 164 Å². The molecule has 3 heterocycles. The second-order valence-electron chi connectivity index (χ2n) is 6.80. The first kappa shape index (κ1) is 21.9. The van der Waals surface area contributed by atoms with Crippen LogP contribution >= 0.6 is 34.8 Å². The third-order valence-corrected chi connectivity index (χ3v) is 5.61. The zero-order chi connectivity index (χ0) is 23.2. The molecule has 0 spiro atoms. The van der Waals surface area contributed by atoms with Gasteiger partial charge < -0.3 is 22.5 Å². The molecule has 0 bridgehead atoms. The molecule has 32 heavy (non-hydrogen) atoms. The molecule has 0 saturated heterocycles. The van der Waals surface area contributed by atoms with Gasteiger partial charge in [-0.3, -0.25) is 9.36 Å². The Balaban J connectivity index is 1.97. The fourth-order valence-corrected chi connectivity index (χ4v) is 3.72. The number of anilines is 4. The highest BCUT2D eigenvalue weighted by atomic mass is 35.5. The lowest BCUT2D eigenvalue weighted by Gasteiger charge is -2.21. The Hall–Kier alpha value is -3.34. The van der Waals surface area contributed by atoms with E-state index in [0.717, 1.165) is 0 Å². The molecule has 13 heteroatoms. The summed E-state index contributed by atoms with van der Waals surface area (Å²) >= 11 is 18.9. The van der Waals surface area contributed by atoms with Gasteiger partial charge in [-0.05, 0) is 31.2 Å². The molecule has 10 nitrogen and oxygen atoms in total. The lowest BCUT2D eigenvalue weighted by atomic mass is 10.2. The van der Waals surface area contributed by atoms with Crippen LogP contribution in [0.5, 0.6) is 0 Å². The van der Waals surface area contributed by atoms with Crippen LogP contribution < -0.4 is 28.1 Å². The van der Waals surface area contributed by atoms with Gasteiger partial charge in [0.1, 0.15) is 22.5 Å². The van der Waals surface area contributed by atoms with Gasteiger partial charge in [-0.1, -0.05) is 34.8 Å². The predicted octanol–water partition coefficient (Wildman–Crippen LogP) is 3.45. The molecule has 0 aliphatic carbocycles. The first-order chi connectivity index (χ1) is 15.2. The standard InChI is InChI=1S/C19H16Cl3N9O/c1-7(27-16-13(22)15(24)29-19(25)30-16)17-28-14-10(21)4-3-9(20)12(14)18(32)31(17)8-2-5-11(23)26-6-8/h2-7H,1H3,(H2,23,26)(H5,24,25,27,29,30)/t7-/m0/s1. The highest BCUT2D eigenvalue weighted by molar-refractivity contribution is 6.39. The molecular weight excluding hydrogens is 477 g/mol. The van der Waals surface area contributed by atoms with Crippen molar-refractivity contribution in [1.29, 1.82) is 0 Å². The minimum absolute atomic E-state index is 0.00953. The number of fused-ring (bicyclic) bond motifs is 1. The van der Waals surface area contributed by atoms with Crippen LogP contribution in [0.1, 0.15) is 18.8 Å². The van der Waals surface area contributed by atoms with E-state index in [4.69, 9.17) is 52.0 Å². The molecule has 0 aliphatic rings. The summed E-state index contributed by atoms with van der Waals surface area (Å²) < 4.78 is 1.36. The minimum atomic E-state index is -0.620. The zero-order valence-electron chi connectivity index (χ0n) is 16.5. The number of rotatable bonds is 4.